The van der Waals surface area contributed by atoms with E-state index in [1.54, 1.807) is 17.4 Å². The molecule has 3 N–H and O–H groups in total. The van der Waals surface area contributed by atoms with Gasteiger partial charge in [0.25, 0.3) is 0 Å². The van der Waals surface area contributed by atoms with Crippen molar-refractivity contribution in [3.8, 4) is 0 Å². The van der Waals surface area contributed by atoms with E-state index in [4.69, 9.17) is 0 Å². The molecular formula is C14H19F3N2O2. The van der Waals surface area contributed by atoms with Crippen molar-refractivity contribution in [2.75, 3.05) is 11.9 Å². The second kappa shape index (κ2) is 7.99. The molecule has 0 saturated heterocycles. The molecule has 118 valence electrons. The number of alkyl halides is 3. The van der Waals surface area contributed by atoms with Crippen molar-refractivity contribution < 1.29 is 23.1 Å². The van der Waals surface area contributed by atoms with Gasteiger partial charge in [0.1, 0.15) is 0 Å². The molecule has 1 atom stereocenters. The molecule has 1 unspecified atom stereocenters. The molecular weight excluding hydrogens is 285 g/mol. The largest absolute Gasteiger partial charge is 0.471 e. The fourth-order valence-electron chi connectivity index (χ4n) is 1.78. The Morgan fingerprint density at radius 2 is 2.10 bits per heavy atom. The molecule has 0 aliphatic rings. The first-order valence-corrected chi connectivity index (χ1v) is 6.68. The van der Waals surface area contributed by atoms with Crippen molar-refractivity contribution >= 4 is 11.6 Å². The van der Waals surface area contributed by atoms with Crippen LogP contribution in [-0.2, 0) is 11.3 Å². The van der Waals surface area contributed by atoms with Gasteiger partial charge in [-0.05, 0) is 24.1 Å². The molecule has 0 spiro atoms. The zero-order valence-electron chi connectivity index (χ0n) is 11.7. The Morgan fingerprint density at radius 1 is 1.38 bits per heavy atom. The molecule has 0 aliphatic carbocycles. The average molecular weight is 304 g/mol. The maximum Gasteiger partial charge on any atom is 0.471 e. The van der Waals surface area contributed by atoms with E-state index in [2.05, 4.69) is 5.32 Å². The first-order chi connectivity index (χ1) is 9.82. The Balaban J connectivity index is 2.51. The lowest BCUT2D eigenvalue weighted by atomic mass is 10.2. The third-order valence-corrected chi connectivity index (χ3v) is 2.77. The number of carbonyl (C=O) groups excluding carboxylic acids is 1. The van der Waals surface area contributed by atoms with Gasteiger partial charge in [-0.15, -0.1) is 0 Å². The third-order valence-electron chi connectivity index (χ3n) is 2.77. The highest BCUT2D eigenvalue weighted by molar-refractivity contribution is 5.94. The molecule has 1 aromatic rings. The van der Waals surface area contributed by atoms with Crippen molar-refractivity contribution in [2.45, 2.75) is 38.6 Å². The highest BCUT2D eigenvalue weighted by Crippen LogP contribution is 2.18. The van der Waals surface area contributed by atoms with Crippen molar-refractivity contribution in [1.29, 1.82) is 0 Å². The number of nitrogens with one attached hydrogen (secondary N) is 2. The maximum atomic E-state index is 12.1. The van der Waals surface area contributed by atoms with Crippen LogP contribution in [0.25, 0.3) is 0 Å². The number of hydrogen-bond acceptors (Lipinski definition) is 3. The van der Waals surface area contributed by atoms with Gasteiger partial charge in [0, 0.05) is 18.8 Å². The molecule has 0 fully saturated rings. The summed E-state index contributed by atoms with van der Waals surface area (Å²) in [4.78, 5) is 10.8. The van der Waals surface area contributed by atoms with Crippen molar-refractivity contribution in [3.63, 3.8) is 0 Å². The van der Waals surface area contributed by atoms with Crippen LogP contribution in [0.2, 0.25) is 0 Å². The van der Waals surface area contributed by atoms with E-state index in [0.717, 1.165) is 12.0 Å². The lowest BCUT2D eigenvalue weighted by Crippen LogP contribution is -2.30. The number of rotatable bonds is 7. The highest BCUT2D eigenvalue weighted by atomic mass is 19.4. The topological polar surface area (TPSA) is 61.4 Å². The van der Waals surface area contributed by atoms with Gasteiger partial charge < -0.3 is 15.7 Å². The lowest BCUT2D eigenvalue weighted by molar-refractivity contribution is -0.167. The predicted molar refractivity (Wildman–Crippen MR) is 73.7 cm³/mol. The molecule has 0 aliphatic heterocycles. The van der Waals surface area contributed by atoms with E-state index in [1.165, 1.54) is 12.1 Å². The van der Waals surface area contributed by atoms with Crippen LogP contribution < -0.4 is 10.6 Å². The van der Waals surface area contributed by atoms with Crippen LogP contribution in [0, 0.1) is 0 Å². The van der Waals surface area contributed by atoms with Gasteiger partial charge in [-0.25, -0.2) is 0 Å². The SMILES string of the molecule is CCCC(O)CNCc1cccc(NC(=O)C(F)(F)F)c1. The minimum Gasteiger partial charge on any atom is -0.392 e. The van der Waals surface area contributed by atoms with Crippen LogP contribution in [-0.4, -0.2) is 29.8 Å². The van der Waals surface area contributed by atoms with Crippen LogP contribution in [0.5, 0.6) is 0 Å². The predicted octanol–water partition coefficient (Wildman–Crippen LogP) is 2.44. The smallest absolute Gasteiger partial charge is 0.392 e. The Hall–Kier alpha value is -1.60. The van der Waals surface area contributed by atoms with E-state index in [9.17, 15) is 23.1 Å². The zero-order chi connectivity index (χ0) is 15.9. The fraction of sp³-hybridized carbons (Fsp3) is 0.500. The van der Waals surface area contributed by atoms with Gasteiger partial charge in [-0.1, -0.05) is 25.5 Å². The Labute approximate surface area is 121 Å². The number of aliphatic hydroxyl groups is 1. The number of anilines is 1. The Kier molecular flexibility index (Phi) is 6.64. The molecule has 7 heteroatoms. The molecule has 4 nitrogen and oxygen atoms in total. The van der Waals surface area contributed by atoms with E-state index in [1.807, 2.05) is 6.92 Å². The van der Waals surface area contributed by atoms with Crippen molar-refractivity contribution in [1.82, 2.24) is 5.32 Å². The molecule has 1 aromatic carbocycles. The minimum absolute atomic E-state index is 0.0886. The summed E-state index contributed by atoms with van der Waals surface area (Å²) in [5.41, 5.74) is 0.810. The molecule has 0 bridgehead atoms. The molecule has 1 amide bonds. The van der Waals surface area contributed by atoms with Crippen LogP contribution in [0.1, 0.15) is 25.3 Å². The van der Waals surface area contributed by atoms with Crippen molar-refractivity contribution in [2.24, 2.45) is 0 Å². The molecule has 0 aromatic heterocycles. The Morgan fingerprint density at radius 3 is 2.71 bits per heavy atom. The Bertz CT molecular complexity index is 464. The average Bonchev–Trinajstić information content (AvgIpc) is 2.38. The molecule has 1 rings (SSSR count). The summed E-state index contributed by atoms with van der Waals surface area (Å²) in [5, 5.41) is 14.4. The first kappa shape index (κ1) is 17.5. The number of aliphatic hydroxyl groups excluding tert-OH is 1. The summed E-state index contributed by atoms with van der Waals surface area (Å²) in [7, 11) is 0. The summed E-state index contributed by atoms with van der Waals surface area (Å²) in [6.45, 7) is 2.78. The van der Waals surface area contributed by atoms with Gasteiger partial charge in [0.15, 0.2) is 0 Å². The van der Waals surface area contributed by atoms with E-state index in [0.29, 0.717) is 19.5 Å². The number of halogens is 3. The van der Waals surface area contributed by atoms with E-state index < -0.39 is 18.2 Å². The van der Waals surface area contributed by atoms with Gasteiger partial charge in [0.05, 0.1) is 6.10 Å². The monoisotopic (exact) mass is 304 g/mol. The molecule has 0 heterocycles. The highest BCUT2D eigenvalue weighted by Gasteiger charge is 2.38. The number of amides is 1. The summed E-state index contributed by atoms with van der Waals surface area (Å²) in [6, 6.07) is 6.13. The summed E-state index contributed by atoms with van der Waals surface area (Å²) < 4.78 is 36.4. The summed E-state index contributed by atoms with van der Waals surface area (Å²) in [5.74, 6) is -1.99. The van der Waals surface area contributed by atoms with Gasteiger partial charge in [0.2, 0.25) is 0 Å². The number of hydrogen-bond donors (Lipinski definition) is 3. The molecule has 0 saturated carbocycles. The fourth-order valence-corrected chi connectivity index (χ4v) is 1.78. The quantitative estimate of drug-likeness (QED) is 0.725. The second-order valence-electron chi connectivity index (χ2n) is 4.73. The zero-order valence-corrected chi connectivity index (χ0v) is 11.7. The molecule has 0 radical (unpaired) electrons. The normalized spacial score (nSPS) is 13.0. The van der Waals surface area contributed by atoms with Crippen LogP contribution in [0.15, 0.2) is 24.3 Å². The van der Waals surface area contributed by atoms with Gasteiger partial charge in [-0.2, -0.15) is 13.2 Å². The molecule has 21 heavy (non-hydrogen) atoms. The lowest BCUT2D eigenvalue weighted by Gasteiger charge is -2.12. The number of carbonyl (C=O) groups is 1. The second-order valence-corrected chi connectivity index (χ2v) is 4.73. The van der Waals surface area contributed by atoms with E-state index >= 15 is 0 Å². The van der Waals surface area contributed by atoms with Crippen LogP contribution >= 0.6 is 0 Å². The van der Waals surface area contributed by atoms with E-state index in [-0.39, 0.29) is 5.69 Å². The van der Waals surface area contributed by atoms with Crippen LogP contribution in [0.3, 0.4) is 0 Å². The van der Waals surface area contributed by atoms with Gasteiger partial charge >= 0.3 is 12.1 Å². The first-order valence-electron chi connectivity index (χ1n) is 6.68. The summed E-state index contributed by atoms with van der Waals surface area (Å²) >= 11 is 0. The summed E-state index contributed by atoms with van der Waals surface area (Å²) in [6.07, 6.45) is -3.78. The van der Waals surface area contributed by atoms with Crippen LogP contribution in [0.4, 0.5) is 18.9 Å². The maximum absolute atomic E-state index is 12.1. The number of benzene rings is 1. The minimum atomic E-state index is -4.90. The third kappa shape index (κ3) is 6.59. The van der Waals surface area contributed by atoms with Gasteiger partial charge in [-0.3, -0.25) is 4.79 Å². The van der Waals surface area contributed by atoms with Crippen molar-refractivity contribution in [3.05, 3.63) is 29.8 Å². The standard InChI is InChI=1S/C14H19F3N2O2/c1-2-4-12(20)9-18-8-10-5-3-6-11(7-10)19-13(21)14(15,16)17/h3,5-7,12,18,20H,2,4,8-9H2,1H3,(H,19,21).